The Bertz CT molecular complexity index is 873. The Hall–Kier alpha value is -2.96. The molecule has 142 valence electrons. The molecule has 2 amide bonds. The van der Waals surface area contributed by atoms with E-state index in [0.29, 0.717) is 37.7 Å². The fourth-order valence-electron chi connectivity index (χ4n) is 3.15. The number of aryl methyl sites for hydroxylation is 2. The highest BCUT2D eigenvalue weighted by Crippen LogP contribution is 2.20. The molecule has 0 bridgehead atoms. The fraction of sp³-hybridized carbons (Fsp3) is 0.400. The lowest BCUT2D eigenvalue weighted by Gasteiger charge is -2.35. The molecule has 27 heavy (non-hydrogen) atoms. The van der Waals surface area contributed by atoms with Crippen LogP contribution >= 0.6 is 0 Å². The lowest BCUT2D eigenvalue weighted by atomic mass is 10.1. The Balaban J connectivity index is 1.78. The number of nitrogens with zero attached hydrogens (tertiary/aromatic N) is 4. The molecule has 0 spiro atoms. The predicted octanol–water partition coefficient (Wildman–Crippen LogP) is 2.32. The highest BCUT2D eigenvalue weighted by atomic mass is 16.2. The van der Waals surface area contributed by atoms with Crippen molar-refractivity contribution in [2.75, 3.05) is 36.4 Å². The molecule has 1 saturated heterocycles. The quantitative estimate of drug-likeness (QED) is 0.901. The molecule has 0 saturated carbocycles. The van der Waals surface area contributed by atoms with Crippen LogP contribution in [0, 0.1) is 20.8 Å². The molecule has 7 nitrogen and oxygen atoms in total. The SMILES string of the molecule is CC(=O)N1CCN(c2cc(C(=O)Nc3cccc(C)c3C)nc(C)n2)CC1. The Morgan fingerprint density at radius 1 is 1.04 bits per heavy atom. The first-order chi connectivity index (χ1) is 12.8. The third-order valence-electron chi connectivity index (χ3n) is 4.96. The van der Waals surface area contributed by atoms with Crippen LogP contribution in [-0.2, 0) is 4.79 Å². The van der Waals surface area contributed by atoms with Crippen molar-refractivity contribution in [3.8, 4) is 0 Å². The van der Waals surface area contributed by atoms with E-state index in [-0.39, 0.29) is 11.8 Å². The van der Waals surface area contributed by atoms with Gasteiger partial charge in [-0.15, -0.1) is 0 Å². The Morgan fingerprint density at radius 3 is 2.41 bits per heavy atom. The van der Waals surface area contributed by atoms with Crippen molar-refractivity contribution in [1.82, 2.24) is 14.9 Å². The van der Waals surface area contributed by atoms with E-state index in [0.717, 1.165) is 22.6 Å². The number of carbonyl (C=O) groups is 2. The number of rotatable bonds is 3. The van der Waals surface area contributed by atoms with Crippen molar-refractivity contribution in [1.29, 1.82) is 0 Å². The molecule has 7 heteroatoms. The van der Waals surface area contributed by atoms with Crippen molar-refractivity contribution >= 4 is 23.3 Å². The molecule has 0 radical (unpaired) electrons. The van der Waals surface area contributed by atoms with Gasteiger partial charge in [-0.3, -0.25) is 9.59 Å². The number of amides is 2. The third-order valence-corrected chi connectivity index (χ3v) is 4.96. The number of hydrogen-bond donors (Lipinski definition) is 1. The fourth-order valence-corrected chi connectivity index (χ4v) is 3.15. The minimum absolute atomic E-state index is 0.0853. The molecule has 2 heterocycles. The van der Waals surface area contributed by atoms with Gasteiger partial charge in [-0.25, -0.2) is 9.97 Å². The number of carbonyl (C=O) groups excluding carboxylic acids is 2. The Morgan fingerprint density at radius 2 is 1.74 bits per heavy atom. The summed E-state index contributed by atoms with van der Waals surface area (Å²) in [4.78, 5) is 36.9. The summed E-state index contributed by atoms with van der Waals surface area (Å²) in [6.07, 6.45) is 0. The largest absolute Gasteiger partial charge is 0.353 e. The smallest absolute Gasteiger partial charge is 0.274 e. The first-order valence-electron chi connectivity index (χ1n) is 9.09. The predicted molar refractivity (Wildman–Crippen MR) is 105 cm³/mol. The lowest BCUT2D eigenvalue weighted by molar-refractivity contribution is -0.129. The first-order valence-corrected chi connectivity index (χ1v) is 9.09. The summed E-state index contributed by atoms with van der Waals surface area (Å²) in [5, 5.41) is 2.95. The highest BCUT2D eigenvalue weighted by Gasteiger charge is 2.21. The summed E-state index contributed by atoms with van der Waals surface area (Å²) in [6.45, 7) is 10.0. The molecule has 0 atom stereocenters. The average molecular weight is 367 g/mol. The third kappa shape index (κ3) is 4.24. The van der Waals surface area contributed by atoms with E-state index < -0.39 is 0 Å². The van der Waals surface area contributed by atoms with Gasteiger partial charge in [0.05, 0.1) is 0 Å². The van der Waals surface area contributed by atoms with Crippen molar-refractivity contribution < 1.29 is 9.59 Å². The molecule has 3 rings (SSSR count). The van der Waals surface area contributed by atoms with E-state index in [2.05, 4.69) is 20.2 Å². The second-order valence-electron chi connectivity index (χ2n) is 6.85. The van der Waals surface area contributed by atoms with Gasteiger partial charge < -0.3 is 15.1 Å². The summed E-state index contributed by atoms with van der Waals surface area (Å²) in [5.41, 5.74) is 3.29. The molecule has 2 aromatic rings. The van der Waals surface area contributed by atoms with Crippen LogP contribution in [0.1, 0.15) is 34.4 Å². The average Bonchev–Trinajstić information content (AvgIpc) is 2.65. The van der Waals surface area contributed by atoms with Gasteiger partial charge in [0.2, 0.25) is 5.91 Å². The first kappa shape index (κ1) is 18.8. The molecular formula is C20H25N5O2. The van der Waals surface area contributed by atoms with Gasteiger partial charge in [-0.1, -0.05) is 12.1 Å². The monoisotopic (exact) mass is 367 g/mol. The molecule has 0 unspecified atom stereocenters. The van der Waals surface area contributed by atoms with E-state index in [4.69, 9.17) is 0 Å². The Kier molecular flexibility index (Phi) is 5.39. The maximum absolute atomic E-state index is 12.7. The Labute approximate surface area is 159 Å². The number of aromatic nitrogens is 2. The lowest BCUT2D eigenvalue weighted by Crippen LogP contribution is -2.48. The molecule has 1 fully saturated rings. The number of piperazine rings is 1. The van der Waals surface area contributed by atoms with Crippen LogP contribution in [0.4, 0.5) is 11.5 Å². The van der Waals surface area contributed by atoms with Gasteiger partial charge in [-0.05, 0) is 38.0 Å². The van der Waals surface area contributed by atoms with E-state index in [1.165, 1.54) is 0 Å². The molecule has 0 aliphatic carbocycles. The maximum atomic E-state index is 12.7. The molecule has 1 aliphatic rings. The van der Waals surface area contributed by atoms with Gasteiger partial charge in [-0.2, -0.15) is 0 Å². The van der Waals surface area contributed by atoms with Gasteiger partial charge in [0, 0.05) is 44.9 Å². The standard InChI is InChI=1S/C20H25N5O2/c1-13-6-5-7-17(14(13)2)23-20(27)18-12-19(22-15(3)21-18)25-10-8-24(9-11-25)16(4)26/h5-7,12H,8-11H2,1-4H3,(H,23,27). The summed E-state index contributed by atoms with van der Waals surface area (Å²) in [6, 6.07) is 7.54. The van der Waals surface area contributed by atoms with Crippen LogP contribution < -0.4 is 10.2 Å². The van der Waals surface area contributed by atoms with E-state index >= 15 is 0 Å². The van der Waals surface area contributed by atoms with Gasteiger partial charge >= 0.3 is 0 Å². The van der Waals surface area contributed by atoms with Crippen LogP contribution in [0.5, 0.6) is 0 Å². The summed E-state index contributed by atoms with van der Waals surface area (Å²) in [5.74, 6) is 1.10. The van der Waals surface area contributed by atoms with E-state index in [1.807, 2.05) is 36.9 Å². The highest BCUT2D eigenvalue weighted by molar-refractivity contribution is 6.03. The molecule has 1 N–H and O–H groups in total. The number of hydrogen-bond acceptors (Lipinski definition) is 5. The normalized spacial score (nSPS) is 14.2. The summed E-state index contributed by atoms with van der Waals surface area (Å²) in [7, 11) is 0. The minimum atomic E-state index is -0.252. The number of nitrogens with one attached hydrogen (secondary N) is 1. The number of benzene rings is 1. The van der Waals surface area contributed by atoms with Gasteiger partial charge in [0.15, 0.2) is 0 Å². The zero-order valence-electron chi connectivity index (χ0n) is 16.2. The molecule has 1 aromatic heterocycles. The van der Waals surface area contributed by atoms with E-state index in [9.17, 15) is 9.59 Å². The topological polar surface area (TPSA) is 78.4 Å². The van der Waals surface area contributed by atoms with Gasteiger partial charge in [0.1, 0.15) is 17.3 Å². The van der Waals surface area contributed by atoms with Gasteiger partial charge in [0.25, 0.3) is 5.91 Å². The van der Waals surface area contributed by atoms with E-state index in [1.54, 1.807) is 19.9 Å². The maximum Gasteiger partial charge on any atom is 0.274 e. The molecule has 1 aliphatic heterocycles. The number of anilines is 2. The second-order valence-corrected chi connectivity index (χ2v) is 6.85. The zero-order valence-corrected chi connectivity index (χ0v) is 16.2. The van der Waals surface area contributed by atoms with Crippen molar-refractivity contribution in [2.45, 2.75) is 27.7 Å². The second kappa shape index (κ2) is 7.73. The zero-order chi connectivity index (χ0) is 19.6. The minimum Gasteiger partial charge on any atom is -0.353 e. The van der Waals surface area contributed by atoms with Crippen LogP contribution in [-0.4, -0.2) is 52.9 Å². The van der Waals surface area contributed by atoms with Crippen molar-refractivity contribution in [3.63, 3.8) is 0 Å². The van der Waals surface area contributed by atoms with Crippen LogP contribution in [0.25, 0.3) is 0 Å². The van der Waals surface area contributed by atoms with Crippen molar-refractivity contribution in [3.05, 3.63) is 46.9 Å². The molecular weight excluding hydrogens is 342 g/mol. The summed E-state index contributed by atoms with van der Waals surface area (Å²) < 4.78 is 0. The molecule has 1 aromatic carbocycles. The summed E-state index contributed by atoms with van der Waals surface area (Å²) >= 11 is 0. The van der Waals surface area contributed by atoms with Crippen LogP contribution in [0.3, 0.4) is 0 Å². The van der Waals surface area contributed by atoms with Crippen LogP contribution in [0.15, 0.2) is 24.3 Å². The van der Waals surface area contributed by atoms with Crippen molar-refractivity contribution in [2.24, 2.45) is 0 Å². The van der Waals surface area contributed by atoms with Crippen LogP contribution in [0.2, 0.25) is 0 Å².